The fourth-order valence-electron chi connectivity index (χ4n) is 2.30. The van der Waals surface area contributed by atoms with Crippen LogP contribution in [0.2, 0.25) is 18.1 Å². The van der Waals surface area contributed by atoms with Gasteiger partial charge in [-0.15, -0.1) is 0 Å². The van der Waals surface area contributed by atoms with Gasteiger partial charge in [0.2, 0.25) is 0 Å². The molecule has 0 unspecified atom stereocenters. The summed E-state index contributed by atoms with van der Waals surface area (Å²) < 4.78 is 10.9. The van der Waals surface area contributed by atoms with Crippen molar-refractivity contribution in [3.05, 3.63) is 23.8 Å². The van der Waals surface area contributed by atoms with Gasteiger partial charge in [0.25, 0.3) is 0 Å². The fourth-order valence-corrected chi connectivity index (χ4v) is 3.56. The molecule has 0 saturated heterocycles. The van der Waals surface area contributed by atoms with Gasteiger partial charge in [-0.05, 0) is 49.0 Å². The van der Waals surface area contributed by atoms with Gasteiger partial charge in [-0.2, -0.15) is 0 Å². The Morgan fingerprint density at radius 3 is 2.58 bits per heavy atom. The minimum atomic E-state index is -1.85. The smallest absolute Gasteiger partial charge is 0.305 e. The molecule has 0 fully saturated rings. The van der Waals surface area contributed by atoms with Gasteiger partial charge >= 0.3 is 5.97 Å². The van der Waals surface area contributed by atoms with E-state index in [2.05, 4.69) is 38.6 Å². The summed E-state index contributed by atoms with van der Waals surface area (Å²) in [6, 6.07) is 0. The van der Waals surface area contributed by atoms with Crippen LogP contribution in [0.25, 0.3) is 0 Å². The van der Waals surface area contributed by atoms with E-state index in [1.807, 2.05) is 18.2 Å². The lowest BCUT2D eigenvalue weighted by atomic mass is 10.1. The number of rotatable bonds is 8. The average molecular weight is 353 g/mol. The molecule has 0 saturated carbocycles. The maximum absolute atomic E-state index is 12.1. The summed E-state index contributed by atoms with van der Waals surface area (Å²) in [6.45, 7) is 11.0. The summed E-state index contributed by atoms with van der Waals surface area (Å²) in [7, 11) is -0.450. The molecule has 5 heteroatoms. The SMILES string of the molecule is COC(=O)CCC/C=C/CC1=C[C@H](O[Si](C)(C)C(C)(C)C)CC1=O. The van der Waals surface area contributed by atoms with Crippen LogP contribution < -0.4 is 0 Å². The topological polar surface area (TPSA) is 52.6 Å². The predicted octanol–water partition coefficient (Wildman–Crippen LogP) is 4.57. The molecule has 0 aromatic heterocycles. The second kappa shape index (κ2) is 8.76. The molecule has 0 aromatic rings. The van der Waals surface area contributed by atoms with E-state index < -0.39 is 8.32 Å². The van der Waals surface area contributed by atoms with Crippen LogP contribution in [0.4, 0.5) is 0 Å². The van der Waals surface area contributed by atoms with Crippen molar-refractivity contribution in [1.29, 1.82) is 0 Å². The molecule has 1 rings (SSSR count). The Balaban J connectivity index is 2.46. The first-order chi connectivity index (χ1) is 11.1. The number of hydrogen-bond acceptors (Lipinski definition) is 4. The van der Waals surface area contributed by atoms with Crippen LogP contribution in [0.5, 0.6) is 0 Å². The molecule has 0 spiro atoms. The highest BCUT2D eigenvalue weighted by atomic mass is 28.4. The van der Waals surface area contributed by atoms with Crippen molar-refractivity contribution < 1.29 is 18.8 Å². The van der Waals surface area contributed by atoms with Gasteiger partial charge in [0.1, 0.15) is 0 Å². The molecular weight excluding hydrogens is 320 g/mol. The molecule has 1 atom stereocenters. The number of Topliss-reactive ketones (excluding diaryl/α,β-unsaturated/α-hetero) is 1. The molecule has 0 aromatic carbocycles. The third kappa shape index (κ3) is 6.36. The second-order valence-electron chi connectivity index (χ2n) is 7.88. The minimum absolute atomic E-state index is 0.0684. The fraction of sp³-hybridized carbons (Fsp3) is 0.684. The molecule has 0 aliphatic heterocycles. The number of unbranched alkanes of at least 4 members (excludes halogenated alkanes) is 1. The van der Waals surface area contributed by atoms with Gasteiger partial charge in [0.05, 0.1) is 13.2 Å². The molecular formula is C19H32O4Si. The number of ketones is 1. The number of methoxy groups -OCH3 is 1. The van der Waals surface area contributed by atoms with Gasteiger partial charge in [-0.1, -0.05) is 32.9 Å². The van der Waals surface area contributed by atoms with Crippen LogP contribution in [0.1, 0.15) is 52.9 Å². The maximum Gasteiger partial charge on any atom is 0.305 e. The van der Waals surface area contributed by atoms with Crippen molar-refractivity contribution in [1.82, 2.24) is 0 Å². The highest BCUT2D eigenvalue weighted by molar-refractivity contribution is 6.74. The number of hydrogen-bond donors (Lipinski definition) is 0. The quantitative estimate of drug-likeness (QED) is 0.278. The number of carbonyl (C=O) groups is 2. The van der Waals surface area contributed by atoms with E-state index in [9.17, 15) is 9.59 Å². The van der Waals surface area contributed by atoms with E-state index in [-0.39, 0.29) is 22.9 Å². The zero-order valence-corrected chi connectivity index (χ0v) is 17.0. The Morgan fingerprint density at radius 2 is 2.00 bits per heavy atom. The van der Waals surface area contributed by atoms with E-state index in [0.29, 0.717) is 19.3 Å². The third-order valence-electron chi connectivity index (χ3n) is 4.87. The number of allylic oxidation sites excluding steroid dienone is 3. The average Bonchev–Trinajstić information content (AvgIpc) is 2.80. The second-order valence-corrected chi connectivity index (χ2v) is 12.6. The van der Waals surface area contributed by atoms with E-state index in [4.69, 9.17) is 4.43 Å². The first kappa shape index (κ1) is 20.8. The Kier molecular flexibility index (Phi) is 7.61. The van der Waals surface area contributed by atoms with Crippen molar-refractivity contribution in [2.24, 2.45) is 0 Å². The summed E-state index contributed by atoms with van der Waals surface area (Å²) in [5, 5.41) is 0.145. The molecule has 4 nitrogen and oxygen atoms in total. The Hall–Kier alpha value is -1.20. The van der Waals surface area contributed by atoms with Crippen LogP contribution in [-0.4, -0.2) is 33.3 Å². The van der Waals surface area contributed by atoms with Gasteiger partial charge in [0, 0.05) is 12.8 Å². The molecule has 24 heavy (non-hydrogen) atoms. The van der Waals surface area contributed by atoms with Crippen LogP contribution in [-0.2, 0) is 18.8 Å². The standard InChI is InChI=1S/C19H32O4Si/c1-19(2,3)24(5,6)23-16-13-15(17(20)14-16)11-9-7-8-10-12-18(21)22-4/h7,9,13,16H,8,10-12,14H2,1-6H3/b9-7+/t16-/m0/s1. The van der Waals surface area contributed by atoms with Crippen LogP contribution in [0.3, 0.4) is 0 Å². The largest absolute Gasteiger partial charge is 0.469 e. The van der Waals surface area contributed by atoms with E-state index in [1.54, 1.807) is 0 Å². The maximum atomic E-state index is 12.1. The van der Waals surface area contributed by atoms with E-state index >= 15 is 0 Å². The zero-order chi connectivity index (χ0) is 18.4. The van der Waals surface area contributed by atoms with E-state index in [1.165, 1.54) is 7.11 Å². The van der Waals surface area contributed by atoms with Gasteiger partial charge < -0.3 is 9.16 Å². The van der Waals surface area contributed by atoms with Crippen LogP contribution in [0, 0.1) is 0 Å². The Bertz CT molecular complexity index is 512. The highest BCUT2D eigenvalue weighted by Crippen LogP contribution is 2.38. The molecule has 0 N–H and O–H groups in total. The molecule has 0 bridgehead atoms. The normalized spacial score (nSPS) is 19.0. The molecule has 1 aliphatic rings. The molecule has 1 aliphatic carbocycles. The molecule has 0 heterocycles. The van der Waals surface area contributed by atoms with Gasteiger partial charge in [-0.3, -0.25) is 9.59 Å². The van der Waals surface area contributed by atoms with Crippen LogP contribution >= 0.6 is 0 Å². The minimum Gasteiger partial charge on any atom is -0.469 e. The number of esters is 1. The third-order valence-corrected chi connectivity index (χ3v) is 9.37. The van der Waals surface area contributed by atoms with Crippen molar-refractivity contribution in [3.63, 3.8) is 0 Å². The van der Waals surface area contributed by atoms with Gasteiger partial charge in [0.15, 0.2) is 14.1 Å². The summed E-state index contributed by atoms with van der Waals surface area (Å²) in [4.78, 5) is 23.1. The zero-order valence-electron chi connectivity index (χ0n) is 16.0. The van der Waals surface area contributed by atoms with Crippen molar-refractivity contribution >= 4 is 20.1 Å². The lowest BCUT2D eigenvalue weighted by Gasteiger charge is -2.37. The summed E-state index contributed by atoms with van der Waals surface area (Å²) in [5.74, 6) is 0.0145. The number of carbonyl (C=O) groups excluding carboxylic acids is 2. The van der Waals surface area contributed by atoms with Crippen molar-refractivity contribution in [3.8, 4) is 0 Å². The van der Waals surface area contributed by atoms with Gasteiger partial charge in [-0.25, -0.2) is 0 Å². The lowest BCUT2D eigenvalue weighted by molar-refractivity contribution is -0.140. The highest BCUT2D eigenvalue weighted by Gasteiger charge is 2.40. The molecule has 136 valence electrons. The summed E-state index contributed by atoms with van der Waals surface area (Å²) in [5.41, 5.74) is 0.850. The lowest BCUT2D eigenvalue weighted by Crippen LogP contribution is -2.43. The number of ether oxygens (including phenoxy) is 1. The first-order valence-electron chi connectivity index (χ1n) is 8.70. The molecule has 0 radical (unpaired) electrons. The predicted molar refractivity (Wildman–Crippen MR) is 99.4 cm³/mol. The monoisotopic (exact) mass is 352 g/mol. The van der Waals surface area contributed by atoms with E-state index in [0.717, 1.165) is 18.4 Å². The summed E-state index contributed by atoms with van der Waals surface area (Å²) in [6.07, 6.45) is 9.11. The first-order valence-corrected chi connectivity index (χ1v) is 11.6. The van der Waals surface area contributed by atoms with Crippen molar-refractivity contribution in [2.45, 2.75) is 77.1 Å². The summed E-state index contributed by atoms with van der Waals surface area (Å²) >= 11 is 0. The Morgan fingerprint density at radius 1 is 1.33 bits per heavy atom. The molecule has 0 amide bonds. The van der Waals surface area contributed by atoms with Crippen LogP contribution in [0.15, 0.2) is 23.8 Å². The van der Waals surface area contributed by atoms with Crippen molar-refractivity contribution in [2.75, 3.05) is 7.11 Å². The Labute approximate surface area is 147 Å².